The summed E-state index contributed by atoms with van der Waals surface area (Å²) in [4.78, 5) is 28.1. The van der Waals surface area contributed by atoms with Gasteiger partial charge in [0.1, 0.15) is 6.61 Å². The van der Waals surface area contributed by atoms with Crippen LogP contribution in [0.4, 0.5) is 0 Å². The van der Waals surface area contributed by atoms with E-state index in [0.29, 0.717) is 12.5 Å². The van der Waals surface area contributed by atoms with Crippen molar-refractivity contribution >= 4 is 11.8 Å². The Morgan fingerprint density at radius 1 is 1.24 bits per heavy atom. The lowest BCUT2D eigenvalue weighted by Gasteiger charge is -2.58. The number of hydrogen-bond acceptors (Lipinski definition) is 4. The third-order valence-electron chi connectivity index (χ3n) is 6.44. The first kappa shape index (κ1) is 19.9. The van der Waals surface area contributed by atoms with E-state index in [-0.39, 0.29) is 49.6 Å². The van der Waals surface area contributed by atoms with E-state index in [9.17, 15) is 14.7 Å². The van der Waals surface area contributed by atoms with Crippen LogP contribution >= 0.6 is 0 Å². The fourth-order valence-electron chi connectivity index (χ4n) is 4.95. The van der Waals surface area contributed by atoms with Crippen LogP contribution in [-0.2, 0) is 14.3 Å². The summed E-state index contributed by atoms with van der Waals surface area (Å²) >= 11 is 0. The van der Waals surface area contributed by atoms with E-state index in [1.54, 1.807) is 9.80 Å². The minimum absolute atomic E-state index is 0.0129. The molecule has 6 nitrogen and oxygen atoms in total. The van der Waals surface area contributed by atoms with E-state index in [1.165, 1.54) is 32.8 Å². The summed E-state index contributed by atoms with van der Waals surface area (Å²) in [6.07, 6.45) is 4.97. The number of aliphatic hydroxyl groups is 1. The molecule has 0 spiro atoms. The third-order valence-corrected chi connectivity index (χ3v) is 6.44. The van der Waals surface area contributed by atoms with Crippen molar-refractivity contribution in [2.45, 2.75) is 43.7 Å². The van der Waals surface area contributed by atoms with Crippen molar-refractivity contribution in [3.63, 3.8) is 0 Å². The van der Waals surface area contributed by atoms with Crippen LogP contribution in [0.15, 0.2) is 24.3 Å². The molecule has 1 aromatic carbocycles. The Labute approximate surface area is 171 Å². The molecule has 6 heteroatoms. The number of piperazine rings is 1. The smallest absolute Gasteiger partial charge is 0.249 e. The Balaban J connectivity index is 1.49. The van der Waals surface area contributed by atoms with Gasteiger partial charge in [-0.05, 0) is 30.5 Å². The second-order valence-corrected chi connectivity index (χ2v) is 8.22. The van der Waals surface area contributed by atoms with Crippen molar-refractivity contribution in [1.82, 2.24) is 9.80 Å². The van der Waals surface area contributed by atoms with Gasteiger partial charge in [-0.1, -0.05) is 36.8 Å². The standard InChI is InChI=1S/C23H28N2O4/c1-29-15-22(28)24-12-19-23(20(14-26)25(19)21(27)13-24)18-10-8-17(9-11-18)7-6-16-4-2-3-5-16/h8-11,16,19-20,23,26H,2-5,12-15H2,1H3/t19-,20+,23-/m1/s1. The van der Waals surface area contributed by atoms with Gasteiger partial charge in [0.25, 0.3) is 0 Å². The minimum Gasteiger partial charge on any atom is -0.394 e. The molecule has 1 aliphatic carbocycles. The zero-order chi connectivity index (χ0) is 20.4. The van der Waals surface area contributed by atoms with Crippen LogP contribution in [0.25, 0.3) is 0 Å². The Morgan fingerprint density at radius 3 is 2.62 bits per heavy atom. The van der Waals surface area contributed by atoms with E-state index < -0.39 is 0 Å². The Morgan fingerprint density at radius 2 is 1.97 bits per heavy atom. The maximum absolute atomic E-state index is 12.5. The SMILES string of the molecule is COCC(=O)N1CC(=O)N2[C@H](C1)[C@@H](c1ccc(C#CC3CCCC3)cc1)[C@@H]2CO. The quantitative estimate of drug-likeness (QED) is 0.781. The molecule has 3 aliphatic rings. The van der Waals surface area contributed by atoms with Gasteiger partial charge in [0, 0.05) is 31.1 Å². The number of rotatable bonds is 4. The summed E-state index contributed by atoms with van der Waals surface area (Å²) in [5.74, 6) is 6.91. The van der Waals surface area contributed by atoms with E-state index in [4.69, 9.17) is 4.74 Å². The second kappa shape index (κ2) is 8.56. The number of amides is 2. The van der Waals surface area contributed by atoms with Gasteiger partial charge in [-0.3, -0.25) is 9.59 Å². The highest BCUT2D eigenvalue weighted by Gasteiger charge is 2.54. The molecule has 0 bridgehead atoms. The highest BCUT2D eigenvalue weighted by molar-refractivity contribution is 5.88. The molecule has 1 aromatic rings. The number of ether oxygens (including phenoxy) is 1. The summed E-state index contributed by atoms with van der Waals surface area (Å²) in [6.45, 7) is 0.417. The largest absolute Gasteiger partial charge is 0.394 e. The van der Waals surface area contributed by atoms with Gasteiger partial charge < -0.3 is 19.6 Å². The fraction of sp³-hybridized carbons (Fsp3) is 0.565. The topological polar surface area (TPSA) is 70.1 Å². The highest BCUT2D eigenvalue weighted by Crippen LogP contribution is 2.42. The number of carbonyl (C=O) groups excluding carboxylic acids is 2. The van der Waals surface area contributed by atoms with Gasteiger partial charge in [-0.2, -0.15) is 0 Å². The monoisotopic (exact) mass is 396 g/mol. The molecule has 0 aromatic heterocycles. The number of methoxy groups -OCH3 is 1. The predicted molar refractivity (Wildman–Crippen MR) is 108 cm³/mol. The minimum atomic E-state index is -0.234. The van der Waals surface area contributed by atoms with E-state index in [1.807, 2.05) is 24.3 Å². The van der Waals surface area contributed by atoms with E-state index in [0.717, 1.165) is 11.1 Å². The number of fused-ring (bicyclic) bond motifs is 1. The van der Waals surface area contributed by atoms with Gasteiger partial charge in [0.2, 0.25) is 11.8 Å². The first-order valence-corrected chi connectivity index (χ1v) is 10.4. The van der Waals surface area contributed by atoms with Crippen LogP contribution in [0.1, 0.15) is 42.7 Å². The molecule has 1 saturated carbocycles. The fourth-order valence-corrected chi connectivity index (χ4v) is 4.95. The summed E-state index contributed by atoms with van der Waals surface area (Å²) < 4.78 is 4.93. The molecule has 2 aliphatic heterocycles. The maximum atomic E-state index is 12.5. The van der Waals surface area contributed by atoms with Crippen LogP contribution in [0, 0.1) is 17.8 Å². The van der Waals surface area contributed by atoms with Crippen molar-refractivity contribution in [2.24, 2.45) is 5.92 Å². The lowest BCUT2D eigenvalue weighted by molar-refractivity contribution is -0.168. The van der Waals surface area contributed by atoms with Gasteiger partial charge >= 0.3 is 0 Å². The number of hydrogen-bond donors (Lipinski definition) is 1. The molecular formula is C23H28N2O4. The highest BCUT2D eigenvalue weighted by atomic mass is 16.5. The number of nitrogens with zero attached hydrogens (tertiary/aromatic N) is 2. The number of aliphatic hydroxyl groups excluding tert-OH is 1. The predicted octanol–water partition coefficient (Wildman–Crippen LogP) is 1.37. The van der Waals surface area contributed by atoms with Crippen LogP contribution in [0.2, 0.25) is 0 Å². The zero-order valence-electron chi connectivity index (χ0n) is 16.8. The van der Waals surface area contributed by atoms with E-state index >= 15 is 0 Å². The summed E-state index contributed by atoms with van der Waals surface area (Å²) in [5.41, 5.74) is 2.07. The molecule has 0 unspecified atom stereocenters. The Hall–Kier alpha value is -2.36. The molecule has 2 saturated heterocycles. The van der Waals surface area contributed by atoms with Crippen molar-refractivity contribution in [1.29, 1.82) is 0 Å². The molecular weight excluding hydrogens is 368 g/mol. The normalized spacial score (nSPS) is 26.6. The van der Waals surface area contributed by atoms with Crippen LogP contribution in [0.3, 0.4) is 0 Å². The average molecular weight is 396 g/mol. The zero-order valence-corrected chi connectivity index (χ0v) is 16.8. The third kappa shape index (κ3) is 3.90. The van der Waals surface area contributed by atoms with Crippen LogP contribution in [0.5, 0.6) is 0 Å². The molecule has 0 radical (unpaired) electrons. The van der Waals surface area contributed by atoms with Gasteiger partial charge in [0.05, 0.1) is 25.2 Å². The van der Waals surface area contributed by atoms with Gasteiger partial charge in [-0.25, -0.2) is 0 Å². The molecule has 1 N–H and O–H groups in total. The van der Waals surface area contributed by atoms with E-state index in [2.05, 4.69) is 11.8 Å². The molecule has 29 heavy (non-hydrogen) atoms. The first-order chi connectivity index (χ1) is 14.1. The number of benzene rings is 1. The Kier molecular flexibility index (Phi) is 5.89. The van der Waals surface area contributed by atoms with Crippen LogP contribution in [-0.4, -0.2) is 72.2 Å². The molecule has 3 fully saturated rings. The number of carbonyl (C=O) groups is 2. The van der Waals surface area contributed by atoms with Crippen molar-refractivity contribution < 1.29 is 19.4 Å². The first-order valence-electron chi connectivity index (χ1n) is 10.4. The lowest BCUT2D eigenvalue weighted by atomic mass is 9.73. The maximum Gasteiger partial charge on any atom is 0.249 e. The van der Waals surface area contributed by atoms with Crippen molar-refractivity contribution in [3.05, 3.63) is 35.4 Å². The second-order valence-electron chi connectivity index (χ2n) is 8.22. The Bertz CT molecular complexity index is 820. The molecule has 2 amide bonds. The molecule has 154 valence electrons. The molecule has 3 atom stereocenters. The van der Waals surface area contributed by atoms with Crippen molar-refractivity contribution in [2.75, 3.05) is 33.4 Å². The van der Waals surface area contributed by atoms with Crippen LogP contribution < -0.4 is 0 Å². The molecule has 4 rings (SSSR count). The molecule has 2 heterocycles. The van der Waals surface area contributed by atoms with Gasteiger partial charge in [0.15, 0.2) is 0 Å². The van der Waals surface area contributed by atoms with Gasteiger partial charge in [-0.15, -0.1) is 0 Å². The summed E-state index contributed by atoms with van der Waals surface area (Å²) in [5, 5.41) is 9.88. The summed E-state index contributed by atoms with van der Waals surface area (Å²) in [7, 11) is 1.47. The summed E-state index contributed by atoms with van der Waals surface area (Å²) in [6, 6.07) is 7.79. The lowest BCUT2D eigenvalue weighted by Crippen LogP contribution is -2.73. The van der Waals surface area contributed by atoms with Crippen molar-refractivity contribution in [3.8, 4) is 11.8 Å². The average Bonchev–Trinajstić information content (AvgIpc) is 3.22.